The minimum atomic E-state index is -0.799. The molecule has 6 nitrogen and oxygen atoms in total. The van der Waals surface area contributed by atoms with Crippen LogP contribution < -0.4 is 0 Å². The highest BCUT2D eigenvalue weighted by Gasteiger charge is 2.19. The van der Waals surface area contributed by atoms with Gasteiger partial charge in [0.15, 0.2) is 6.10 Å². The van der Waals surface area contributed by atoms with Crippen LogP contribution in [0.3, 0.4) is 0 Å². The van der Waals surface area contributed by atoms with Gasteiger partial charge in [-0.25, -0.2) is 0 Å². The van der Waals surface area contributed by atoms with Crippen molar-refractivity contribution in [3.8, 4) is 0 Å². The fourth-order valence-corrected chi connectivity index (χ4v) is 9.10. The summed E-state index contributed by atoms with van der Waals surface area (Å²) in [4.78, 5) is 38.4. The van der Waals surface area contributed by atoms with E-state index in [-0.39, 0.29) is 31.1 Å². The molecule has 0 radical (unpaired) electrons. The molecule has 0 aromatic rings. The van der Waals surface area contributed by atoms with Gasteiger partial charge < -0.3 is 14.2 Å². The lowest BCUT2D eigenvalue weighted by Crippen LogP contribution is -2.30. The molecule has 0 spiro atoms. The Bertz CT molecular complexity index is 1780. The van der Waals surface area contributed by atoms with Gasteiger partial charge in [0.1, 0.15) is 13.2 Å². The maximum Gasteiger partial charge on any atom is 0.306 e. The van der Waals surface area contributed by atoms with Gasteiger partial charge in [-0.1, -0.05) is 301 Å². The van der Waals surface area contributed by atoms with Crippen molar-refractivity contribution < 1.29 is 28.6 Å². The van der Waals surface area contributed by atoms with Crippen LogP contribution in [0.15, 0.2) is 146 Å². The van der Waals surface area contributed by atoms with Crippen molar-refractivity contribution in [3.05, 3.63) is 146 Å². The lowest BCUT2D eigenvalue weighted by molar-refractivity contribution is -0.167. The molecular weight excluding hydrogens is 1010 g/mol. The summed E-state index contributed by atoms with van der Waals surface area (Å²) in [5, 5.41) is 0. The summed E-state index contributed by atoms with van der Waals surface area (Å²) in [7, 11) is 0. The molecule has 0 fully saturated rings. The third-order valence-corrected chi connectivity index (χ3v) is 14.1. The number of carbonyl (C=O) groups is 3. The highest BCUT2D eigenvalue weighted by atomic mass is 16.6. The lowest BCUT2D eigenvalue weighted by atomic mass is 10.0. The van der Waals surface area contributed by atoms with Gasteiger partial charge >= 0.3 is 17.9 Å². The summed E-state index contributed by atoms with van der Waals surface area (Å²) in [5.74, 6) is -0.920. The molecule has 0 amide bonds. The van der Waals surface area contributed by atoms with Crippen LogP contribution in [0, 0.1) is 0 Å². The van der Waals surface area contributed by atoms with Crippen molar-refractivity contribution in [2.75, 3.05) is 13.2 Å². The zero-order valence-corrected chi connectivity index (χ0v) is 53.2. The number of allylic oxidation sites excluding steroid dienone is 24. The van der Waals surface area contributed by atoms with Gasteiger partial charge in [0.05, 0.1) is 0 Å². The SMILES string of the molecule is CC/C=C\C/C=C\C/C=C\C/C=C\C/C=C\C/C=C\C/C=C\C/C=C\CCCCCCCCCCC(=O)OCC(COC(=O)CCCCCCCCCCCCCCCC)OC(=O)CCCCCC/C=C\C/C=C\C/C=C\C/C=C\CC. The van der Waals surface area contributed by atoms with Crippen LogP contribution in [0.25, 0.3) is 0 Å². The van der Waals surface area contributed by atoms with E-state index in [0.29, 0.717) is 19.3 Å². The Morgan fingerprint density at radius 1 is 0.256 bits per heavy atom. The van der Waals surface area contributed by atoms with Gasteiger partial charge in [0, 0.05) is 19.3 Å². The molecule has 0 saturated carbocycles. The summed E-state index contributed by atoms with van der Waals surface area (Å²) >= 11 is 0. The first-order chi connectivity index (χ1) is 40.5. The van der Waals surface area contributed by atoms with Crippen LogP contribution in [0.5, 0.6) is 0 Å². The number of rotatable bonds is 60. The summed E-state index contributed by atoms with van der Waals surface area (Å²) in [5.41, 5.74) is 0. The summed E-state index contributed by atoms with van der Waals surface area (Å²) < 4.78 is 16.9. The molecule has 0 aromatic heterocycles. The van der Waals surface area contributed by atoms with Crippen molar-refractivity contribution in [3.63, 3.8) is 0 Å². The van der Waals surface area contributed by atoms with Crippen molar-refractivity contribution in [2.24, 2.45) is 0 Å². The lowest BCUT2D eigenvalue weighted by Gasteiger charge is -2.18. The third kappa shape index (κ3) is 66.1. The molecule has 82 heavy (non-hydrogen) atoms. The van der Waals surface area contributed by atoms with Gasteiger partial charge in [-0.2, -0.15) is 0 Å². The molecule has 0 aliphatic rings. The summed E-state index contributed by atoms with van der Waals surface area (Å²) in [6.07, 6.45) is 98.6. The first-order valence-electron chi connectivity index (χ1n) is 33.8. The van der Waals surface area contributed by atoms with Crippen LogP contribution in [0.4, 0.5) is 0 Å². The number of hydrogen-bond acceptors (Lipinski definition) is 6. The van der Waals surface area contributed by atoms with Crippen LogP contribution >= 0.6 is 0 Å². The van der Waals surface area contributed by atoms with Gasteiger partial charge in [-0.05, 0) is 122 Å². The molecule has 0 bridgehead atoms. The van der Waals surface area contributed by atoms with E-state index in [2.05, 4.69) is 167 Å². The number of hydrogen-bond donors (Lipinski definition) is 0. The van der Waals surface area contributed by atoms with E-state index in [1.54, 1.807) is 0 Å². The number of ether oxygens (including phenoxy) is 3. The average molecular weight is 1130 g/mol. The van der Waals surface area contributed by atoms with E-state index >= 15 is 0 Å². The maximum absolute atomic E-state index is 12.9. The Hall–Kier alpha value is -4.71. The Labute approximate surface area is 506 Å². The third-order valence-electron chi connectivity index (χ3n) is 14.1. The molecule has 0 aliphatic heterocycles. The maximum atomic E-state index is 12.9. The zero-order valence-electron chi connectivity index (χ0n) is 53.2. The molecular formula is C76H124O6. The Balaban J connectivity index is 4.33. The highest BCUT2D eigenvalue weighted by Crippen LogP contribution is 2.16. The molecule has 0 rings (SSSR count). The van der Waals surface area contributed by atoms with Crippen molar-refractivity contribution in [1.29, 1.82) is 0 Å². The quantitative estimate of drug-likeness (QED) is 0.0261. The Morgan fingerprint density at radius 2 is 0.476 bits per heavy atom. The van der Waals surface area contributed by atoms with Crippen LogP contribution in [0.1, 0.15) is 297 Å². The molecule has 0 heterocycles. The minimum absolute atomic E-state index is 0.0920. The number of unbranched alkanes of at least 4 members (excludes halogenated alkanes) is 25. The Kier molecular flexibility index (Phi) is 64.8. The highest BCUT2D eigenvalue weighted by molar-refractivity contribution is 5.71. The molecule has 0 aromatic carbocycles. The van der Waals surface area contributed by atoms with Gasteiger partial charge in [-0.3, -0.25) is 14.4 Å². The van der Waals surface area contributed by atoms with Crippen LogP contribution in [-0.4, -0.2) is 37.2 Å². The normalized spacial score (nSPS) is 13.1. The fourth-order valence-electron chi connectivity index (χ4n) is 9.10. The second kappa shape index (κ2) is 68.8. The van der Waals surface area contributed by atoms with E-state index in [0.717, 1.165) is 154 Å². The summed E-state index contributed by atoms with van der Waals surface area (Å²) in [6.45, 7) is 6.40. The molecule has 0 saturated heterocycles. The first kappa shape index (κ1) is 77.3. The minimum Gasteiger partial charge on any atom is -0.462 e. The number of carbonyl (C=O) groups excluding carboxylic acids is 3. The molecule has 1 unspecified atom stereocenters. The molecule has 464 valence electrons. The number of esters is 3. The molecule has 6 heteroatoms. The first-order valence-corrected chi connectivity index (χ1v) is 33.8. The zero-order chi connectivity index (χ0) is 59.2. The second-order valence-corrected chi connectivity index (χ2v) is 22.0. The molecule has 0 N–H and O–H groups in total. The predicted molar refractivity (Wildman–Crippen MR) is 357 cm³/mol. The van der Waals surface area contributed by atoms with Gasteiger partial charge in [-0.15, -0.1) is 0 Å². The average Bonchev–Trinajstić information content (AvgIpc) is 3.47. The van der Waals surface area contributed by atoms with Crippen molar-refractivity contribution in [1.82, 2.24) is 0 Å². The van der Waals surface area contributed by atoms with E-state index in [9.17, 15) is 14.4 Å². The predicted octanol–water partition coefficient (Wildman–Crippen LogP) is 23.5. The smallest absolute Gasteiger partial charge is 0.306 e. The fraction of sp³-hybridized carbons (Fsp3) is 0.645. The van der Waals surface area contributed by atoms with E-state index in [1.807, 2.05) is 0 Å². The Morgan fingerprint density at radius 3 is 0.744 bits per heavy atom. The van der Waals surface area contributed by atoms with Gasteiger partial charge in [0.2, 0.25) is 0 Å². The van der Waals surface area contributed by atoms with Gasteiger partial charge in [0.25, 0.3) is 0 Å². The van der Waals surface area contributed by atoms with Crippen LogP contribution in [0.2, 0.25) is 0 Å². The standard InChI is InChI=1S/C76H124O6/c1-4-7-10-13-16-19-22-25-28-30-31-32-33-34-35-36-37-38-39-40-41-42-43-44-45-47-48-51-54-57-60-63-66-69-75(78)81-72-73(71-80-74(77)68-65-62-59-56-53-50-27-24-21-18-15-12-9-6-3)82-76(79)70-67-64-61-58-55-52-49-46-29-26-23-20-17-14-11-8-5-2/h7-8,10-11,16-17,19-20,25-26,28-29,31-32,34-35,37-38,40-41,43-44,49,52,73H,4-6,9,12-15,18,21-24,27,30,33,36,39,42,45-48,50-51,53-72H2,1-3H3/b10-7-,11-8-,19-16-,20-17-,28-25-,29-26-,32-31-,35-34-,38-37-,41-40-,44-43-,52-49-. The monoisotopic (exact) mass is 1130 g/mol. The van der Waals surface area contributed by atoms with E-state index in [4.69, 9.17) is 14.2 Å². The van der Waals surface area contributed by atoms with Crippen molar-refractivity contribution in [2.45, 2.75) is 303 Å². The molecule has 1 atom stereocenters. The second-order valence-electron chi connectivity index (χ2n) is 22.0. The van der Waals surface area contributed by atoms with Crippen molar-refractivity contribution >= 4 is 17.9 Å². The molecule has 0 aliphatic carbocycles. The van der Waals surface area contributed by atoms with E-state index < -0.39 is 6.10 Å². The van der Waals surface area contributed by atoms with E-state index in [1.165, 1.54) is 103 Å². The topological polar surface area (TPSA) is 78.9 Å². The summed E-state index contributed by atoms with van der Waals surface area (Å²) in [6, 6.07) is 0. The largest absolute Gasteiger partial charge is 0.462 e. The van der Waals surface area contributed by atoms with Crippen LogP contribution in [-0.2, 0) is 28.6 Å².